The minimum Gasteiger partial charge on any atom is -0.376 e. The molecule has 1 nitrogen and oxygen atoms in total. The van der Waals surface area contributed by atoms with Gasteiger partial charge in [0, 0.05) is 0 Å². The molecule has 0 heterocycles. The van der Waals surface area contributed by atoms with Gasteiger partial charge in [0.1, 0.15) is 0 Å². The summed E-state index contributed by atoms with van der Waals surface area (Å²) in [6.07, 6.45) is 5.34. The maximum Gasteiger partial charge on any atom is 0.0717 e. The molecule has 2 aromatic carbocycles. The van der Waals surface area contributed by atoms with Gasteiger partial charge >= 0.3 is 0 Å². The molecule has 0 amide bonds. The summed E-state index contributed by atoms with van der Waals surface area (Å²) in [4.78, 5) is 0. The lowest BCUT2D eigenvalue weighted by molar-refractivity contribution is 0.125. The molecule has 0 aliphatic carbocycles. The average molecular weight is 266 g/mol. The van der Waals surface area contributed by atoms with Crippen LogP contribution in [0.3, 0.4) is 0 Å². The molecule has 104 valence electrons. The third-order valence-electron chi connectivity index (χ3n) is 3.37. The van der Waals surface area contributed by atoms with Crippen LogP contribution in [0.25, 0.3) is 6.08 Å². The molecule has 0 saturated carbocycles. The van der Waals surface area contributed by atoms with Crippen molar-refractivity contribution in [2.24, 2.45) is 0 Å². The summed E-state index contributed by atoms with van der Waals surface area (Å²) in [7, 11) is 0. The van der Waals surface area contributed by atoms with Crippen LogP contribution in [-0.4, -0.2) is 6.61 Å². The molecule has 0 spiro atoms. The number of aryl methyl sites for hydroxylation is 2. The van der Waals surface area contributed by atoms with Gasteiger partial charge in [-0.25, -0.2) is 0 Å². The molecule has 0 atom stereocenters. The summed E-state index contributed by atoms with van der Waals surface area (Å²) in [5.74, 6) is 0. The standard InChI is InChI=1S/C19H22O/c1-16-9-8-10-17(2)19(16)13-6-7-14-20-15-18-11-4-3-5-12-18/h3-6,8-13H,7,14-15H2,1-2H3/b13-6-. The fourth-order valence-corrected chi connectivity index (χ4v) is 2.21. The number of benzene rings is 2. The molecule has 0 unspecified atom stereocenters. The van der Waals surface area contributed by atoms with E-state index in [1.54, 1.807) is 0 Å². The van der Waals surface area contributed by atoms with Crippen molar-refractivity contribution >= 4 is 6.08 Å². The van der Waals surface area contributed by atoms with Gasteiger partial charge in [-0.3, -0.25) is 0 Å². The molecule has 20 heavy (non-hydrogen) atoms. The Hall–Kier alpha value is -1.86. The molecule has 0 radical (unpaired) electrons. The van der Waals surface area contributed by atoms with E-state index >= 15 is 0 Å². The SMILES string of the molecule is Cc1cccc(C)c1/C=C\CCOCc1ccccc1. The van der Waals surface area contributed by atoms with E-state index in [1.165, 1.54) is 22.3 Å². The second-order valence-electron chi connectivity index (χ2n) is 5.03. The Morgan fingerprint density at radius 2 is 1.60 bits per heavy atom. The third kappa shape index (κ3) is 4.36. The van der Waals surface area contributed by atoms with Crippen LogP contribution in [0.1, 0.15) is 28.7 Å². The molecular weight excluding hydrogens is 244 g/mol. The number of rotatable bonds is 6. The van der Waals surface area contributed by atoms with Crippen LogP contribution in [0.2, 0.25) is 0 Å². The van der Waals surface area contributed by atoms with Gasteiger partial charge in [-0.2, -0.15) is 0 Å². The van der Waals surface area contributed by atoms with Crippen molar-refractivity contribution < 1.29 is 4.74 Å². The van der Waals surface area contributed by atoms with E-state index in [1.807, 2.05) is 18.2 Å². The van der Waals surface area contributed by atoms with Crippen molar-refractivity contribution in [1.82, 2.24) is 0 Å². The Morgan fingerprint density at radius 3 is 2.30 bits per heavy atom. The number of ether oxygens (including phenoxy) is 1. The van der Waals surface area contributed by atoms with Gasteiger partial charge in [0.15, 0.2) is 0 Å². The maximum atomic E-state index is 5.67. The first-order valence-corrected chi connectivity index (χ1v) is 7.12. The van der Waals surface area contributed by atoms with Crippen LogP contribution in [0, 0.1) is 13.8 Å². The van der Waals surface area contributed by atoms with Crippen LogP contribution < -0.4 is 0 Å². The topological polar surface area (TPSA) is 9.23 Å². The van der Waals surface area contributed by atoms with Crippen molar-refractivity contribution in [2.45, 2.75) is 26.9 Å². The van der Waals surface area contributed by atoms with Crippen molar-refractivity contribution in [3.05, 3.63) is 76.9 Å². The lowest BCUT2D eigenvalue weighted by Crippen LogP contribution is -1.94. The zero-order chi connectivity index (χ0) is 14.2. The van der Waals surface area contributed by atoms with Crippen molar-refractivity contribution in [3.63, 3.8) is 0 Å². The molecule has 0 aliphatic heterocycles. The van der Waals surface area contributed by atoms with Crippen molar-refractivity contribution in [2.75, 3.05) is 6.61 Å². The van der Waals surface area contributed by atoms with E-state index in [2.05, 4.69) is 56.3 Å². The second-order valence-corrected chi connectivity index (χ2v) is 5.03. The minimum absolute atomic E-state index is 0.693. The highest BCUT2D eigenvalue weighted by Crippen LogP contribution is 2.15. The Morgan fingerprint density at radius 1 is 0.900 bits per heavy atom. The van der Waals surface area contributed by atoms with Crippen LogP contribution in [0.5, 0.6) is 0 Å². The van der Waals surface area contributed by atoms with Crippen LogP contribution in [0.4, 0.5) is 0 Å². The van der Waals surface area contributed by atoms with Crippen LogP contribution in [0.15, 0.2) is 54.6 Å². The first kappa shape index (κ1) is 14.5. The lowest BCUT2D eigenvalue weighted by Gasteiger charge is -2.05. The minimum atomic E-state index is 0.693. The summed E-state index contributed by atoms with van der Waals surface area (Å²) >= 11 is 0. The summed E-state index contributed by atoms with van der Waals surface area (Å²) in [6, 6.07) is 16.7. The van der Waals surface area contributed by atoms with Gasteiger partial charge in [0.05, 0.1) is 13.2 Å². The Bertz CT molecular complexity index is 535. The first-order chi connectivity index (χ1) is 9.77. The summed E-state index contributed by atoms with van der Waals surface area (Å²) in [6.45, 7) is 5.76. The highest BCUT2D eigenvalue weighted by atomic mass is 16.5. The fourth-order valence-electron chi connectivity index (χ4n) is 2.21. The van der Waals surface area contributed by atoms with Crippen LogP contribution in [-0.2, 0) is 11.3 Å². The zero-order valence-corrected chi connectivity index (χ0v) is 12.3. The molecule has 0 fully saturated rings. The summed E-state index contributed by atoms with van der Waals surface area (Å²) < 4.78 is 5.67. The first-order valence-electron chi connectivity index (χ1n) is 7.12. The van der Waals surface area contributed by atoms with Crippen LogP contribution >= 0.6 is 0 Å². The molecule has 0 N–H and O–H groups in total. The monoisotopic (exact) mass is 266 g/mol. The maximum absolute atomic E-state index is 5.67. The fraction of sp³-hybridized carbons (Fsp3) is 0.263. The lowest BCUT2D eigenvalue weighted by atomic mass is 10.0. The van der Waals surface area contributed by atoms with Crippen molar-refractivity contribution in [1.29, 1.82) is 0 Å². The van der Waals surface area contributed by atoms with Crippen molar-refractivity contribution in [3.8, 4) is 0 Å². The second kappa shape index (κ2) is 7.66. The quantitative estimate of drug-likeness (QED) is 0.674. The number of hydrogen-bond donors (Lipinski definition) is 0. The molecule has 1 heteroatoms. The highest BCUT2D eigenvalue weighted by Gasteiger charge is 1.96. The van der Waals surface area contributed by atoms with Gasteiger partial charge in [0.2, 0.25) is 0 Å². The average Bonchev–Trinajstić information content (AvgIpc) is 2.46. The van der Waals surface area contributed by atoms with Gasteiger partial charge in [0.25, 0.3) is 0 Å². The Balaban J connectivity index is 1.75. The summed E-state index contributed by atoms with van der Waals surface area (Å²) in [5.41, 5.74) is 5.21. The van der Waals surface area contributed by atoms with Gasteiger partial charge < -0.3 is 4.74 Å². The van der Waals surface area contributed by atoms with E-state index < -0.39 is 0 Å². The molecular formula is C19H22O. The van der Waals surface area contributed by atoms with E-state index in [0.29, 0.717) is 6.61 Å². The van der Waals surface area contributed by atoms with E-state index in [-0.39, 0.29) is 0 Å². The normalized spacial score (nSPS) is 11.1. The van der Waals surface area contributed by atoms with Gasteiger partial charge in [-0.15, -0.1) is 0 Å². The molecule has 0 saturated heterocycles. The largest absolute Gasteiger partial charge is 0.376 e. The molecule has 2 rings (SSSR count). The third-order valence-corrected chi connectivity index (χ3v) is 3.37. The van der Waals surface area contributed by atoms with Gasteiger partial charge in [-0.05, 0) is 42.5 Å². The zero-order valence-electron chi connectivity index (χ0n) is 12.3. The Labute approximate surface area is 121 Å². The van der Waals surface area contributed by atoms with E-state index in [4.69, 9.17) is 4.74 Å². The highest BCUT2D eigenvalue weighted by molar-refractivity contribution is 5.57. The predicted octanol–water partition coefficient (Wildman–Crippen LogP) is 4.92. The van der Waals surface area contributed by atoms with E-state index in [0.717, 1.165) is 13.0 Å². The smallest absolute Gasteiger partial charge is 0.0717 e. The molecule has 2 aromatic rings. The molecule has 0 aliphatic rings. The molecule has 0 bridgehead atoms. The Kier molecular flexibility index (Phi) is 5.57. The van der Waals surface area contributed by atoms with Gasteiger partial charge in [-0.1, -0.05) is 60.7 Å². The van der Waals surface area contributed by atoms with E-state index in [9.17, 15) is 0 Å². The number of hydrogen-bond acceptors (Lipinski definition) is 1. The molecule has 0 aromatic heterocycles. The summed E-state index contributed by atoms with van der Waals surface area (Å²) in [5, 5.41) is 0. The predicted molar refractivity (Wildman–Crippen MR) is 85.7 cm³/mol.